The Balaban J connectivity index is 1.50. The van der Waals surface area contributed by atoms with Crippen LogP contribution < -0.4 is 5.32 Å². The van der Waals surface area contributed by atoms with Gasteiger partial charge in [-0.1, -0.05) is 42.5 Å². The molecule has 134 valence electrons. The molecule has 1 aromatic heterocycles. The maximum absolute atomic E-state index is 13.8. The summed E-state index contributed by atoms with van der Waals surface area (Å²) in [6.07, 6.45) is 1.68. The molecule has 5 heteroatoms. The number of halogens is 1. The minimum atomic E-state index is -0.214. The Hall–Kier alpha value is -2.95. The summed E-state index contributed by atoms with van der Waals surface area (Å²) in [6.45, 7) is 2.46. The second-order valence-corrected chi connectivity index (χ2v) is 6.33. The molecule has 0 bridgehead atoms. The van der Waals surface area contributed by atoms with Crippen LogP contribution in [0.3, 0.4) is 0 Å². The van der Waals surface area contributed by atoms with E-state index >= 15 is 0 Å². The highest BCUT2D eigenvalue weighted by molar-refractivity contribution is 5.92. The highest BCUT2D eigenvalue weighted by Gasteiger charge is 2.10. The van der Waals surface area contributed by atoms with E-state index < -0.39 is 0 Å². The quantitative estimate of drug-likeness (QED) is 0.685. The van der Waals surface area contributed by atoms with Gasteiger partial charge in [0.1, 0.15) is 11.5 Å². The fourth-order valence-corrected chi connectivity index (χ4v) is 2.95. The lowest BCUT2D eigenvalue weighted by atomic mass is 10.0. The minimum absolute atomic E-state index is 0.108. The molecule has 0 radical (unpaired) electrons. The van der Waals surface area contributed by atoms with Gasteiger partial charge in [-0.2, -0.15) is 5.10 Å². The van der Waals surface area contributed by atoms with Crippen molar-refractivity contribution in [3.8, 4) is 11.1 Å². The zero-order valence-corrected chi connectivity index (χ0v) is 15.0. The Morgan fingerprint density at radius 1 is 1.15 bits per heavy atom. The predicted molar refractivity (Wildman–Crippen MR) is 100 cm³/mol. The highest BCUT2D eigenvalue weighted by atomic mass is 19.1. The summed E-state index contributed by atoms with van der Waals surface area (Å²) in [7, 11) is 1.76. The smallest absolute Gasteiger partial charge is 0.269 e. The van der Waals surface area contributed by atoms with E-state index in [1.807, 2.05) is 37.3 Å². The molecule has 0 aliphatic rings. The van der Waals surface area contributed by atoms with Crippen molar-refractivity contribution in [2.45, 2.75) is 19.8 Å². The van der Waals surface area contributed by atoms with Crippen molar-refractivity contribution in [1.29, 1.82) is 0 Å². The van der Waals surface area contributed by atoms with E-state index in [0.717, 1.165) is 29.7 Å². The van der Waals surface area contributed by atoms with E-state index in [2.05, 4.69) is 10.4 Å². The molecule has 1 amide bonds. The molecule has 0 aliphatic heterocycles. The van der Waals surface area contributed by atoms with Crippen molar-refractivity contribution in [2.75, 3.05) is 6.54 Å². The van der Waals surface area contributed by atoms with Gasteiger partial charge in [0.15, 0.2) is 0 Å². The Kier molecular flexibility index (Phi) is 5.46. The Morgan fingerprint density at radius 2 is 1.88 bits per heavy atom. The molecule has 0 unspecified atom stereocenters. The third kappa shape index (κ3) is 4.17. The number of benzene rings is 2. The first-order valence-electron chi connectivity index (χ1n) is 8.67. The zero-order chi connectivity index (χ0) is 18.5. The number of rotatable bonds is 6. The number of nitrogens with zero attached hydrogens (tertiary/aromatic N) is 2. The molecule has 1 heterocycles. The van der Waals surface area contributed by atoms with Crippen molar-refractivity contribution >= 4 is 5.91 Å². The van der Waals surface area contributed by atoms with Gasteiger partial charge in [-0.25, -0.2) is 4.39 Å². The van der Waals surface area contributed by atoms with Crippen LogP contribution in [-0.4, -0.2) is 22.2 Å². The molecule has 3 rings (SSSR count). The third-order valence-electron chi connectivity index (χ3n) is 4.30. The molecular weight excluding hydrogens is 329 g/mol. The van der Waals surface area contributed by atoms with E-state index in [1.54, 1.807) is 29.9 Å². The number of amides is 1. The average molecular weight is 351 g/mol. The summed E-state index contributed by atoms with van der Waals surface area (Å²) in [6, 6.07) is 16.4. The second-order valence-electron chi connectivity index (χ2n) is 6.33. The van der Waals surface area contributed by atoms with E-state index in [4.69, 9.17) is 0 Å². The van der Waals surface area contributed by atoms with Gasteiger partial charge >= 0.3 is 0 Å². The lowest BCUT2D eigenvalue weighted by Gasteiger charge is -2.07. The first-order chi connectivity index (χ1) is 12.5. The normalized spacial score (nSPS) is 10.7. The van der Waals surface area contributed by atoms with Crippen LogP contribution in [0.2, 0.25) is 0 Å². The van der Waals surface area contributed by atoms with Gasteiger partial charge in [0.05, 0.1) is 5.69 Å². The molecule has 2 aromatic carbocycles. The molecule has 0 saturated carbocycles. The standard InChI is InChI=1S/C21H22FN3O/c1-15-14-20(25(2)24-15)21(26)23-13-5-6-16-9-11-17(12-10-16)18-7-3-4-8-19(18)22/h3-4,7-12,14H,5-6,13H2,1-2H3,(H,23,26). The zero-order valence-electron chi connectivity index (χ0n) is 15.0. The SMILES string of the molecule is Cc1cc(C(=O)NCCCc2ccc(-c3ccccc3F)cc2)n(C)n1. The number of hydrogen-bond donors (Lipinski definition) is 1. The molecule has 0 spiro atoms. The van der Waals surface area contributed by atoms with Crippen molar-refractivity contribution in [3.63, 3.8) is 0 Å². The maximum Gasteiger partial charge on any atom is 0.269 e. The molecule has 0 saturated heterocycles. The molecule has 26 heavy (non-hydrogen) atoms. The molecular formula is C21H22FN3O. The Morgan fingerprint density at radius 3 is 2.54 bits per heavy atom. The van der Waals surface area contributed by atoms with Crippen LogP contribution >= 0.6 is 0 Å². The van der Waals surface area contributed by atoms with Gasteiger partial charge in [0.25, 0.3) is 5.91 Å². The topological polar surface area (TPSA) is 46.9 Å². The molecule has 0 aliphatic carbocycles. The number of aryl methyl sites for hydroxylation is 3. The number of nitrogens with one attached hydrogen (secondary N) is 1. The summed E-state index contributed by atoms with van der Waals surface area (Å²) in [4.78, 5) is 12.1. The number of carbonyl (C=O) groups is 1. The first-order valence-corrected chi connectivity index (χ1v) is 8.67. The van der Waals surface area contributed by atoms with Crippen molar-refractivity contribution in [3.05, 3.63) is 77.4 Å². The largest absolute Gasteiger partial charge is 0.351 e. The fourth-order valence-electron chi connectivity index (χ4n) is 2.95. The summed E-state index contributed by atoms with van der Waals surface area (Å²) in [5.41, 5.74) is 4.03. The van der Waals surface area contributed by atoms with Crippen molar-refractivity contribution in [2.24, 2.45) is 7.05 Å². The van der Waals surface area contributed by atoms with Gasteiger partial charge in [0.2, 0.25) is 0 Å². The molecule has 0 atom stereocenters. The van der Waals surface area contributed by atoms with Crippen molar-refractivity contribution in [1.82, 2.24) is 15.1 Å². The predicted octanol–water partition coefficient (Wildman–Crippen LogP) is 3.90. The van der Waals surface area contributed by atoms with Crippen LogP contribution in [0.1, 0.15) is 28.2 Å². The summed E-state index contributed by atoms with van der Waals surface area (Å²) in [5.74, 6) is -0.323. The van der Waals surface area contributed by atoms with Crippen LogP contribution in [0.25, 0.3) is 11.1 Å². The molecule has 1 N–H and O–H groups in total. The first kappa shape index (κ1) is 17.9. The van der Waals surface area contributed by atoms with Crippen LogP contribution in [0, 0.1) is 12.7 Å². The van der Waals surface area contributed by atoms with Crippen LogP contribution in [0.5, 0.6) is 0 Å². The second kappa shape index (κ2) is 7.95. The highest BCUT2D eigenvalue weighted by Crippen LogP contribution is 2.23. The summed E-state index contributed by atoms with van der Waals surface area (Å²) < 4.78 is 15.4. The Labute approximate surface area is 152 Å². The average Bonchev–Trinajstić information content (AvgIpc) is 2.98. The third-order valence-corrected chi connectivity index (χ3v) is 4.30. The van der Waals surface area contributed by atoms with Crippen molar-refractivity contribution < 1.29 is 9.18 Å². The Bertz CT molecular complexity index is 900. The summed E-state index contributed by atoms with van der Waals surface area (Å²) in [5, 5.41) is 7.10. The van der Waals surface area contributed by atoms with Crippen LogP contribution in [0.15, 0.2) is 54.6 Å². The van der Waals surface area contributed by atoms with Crippen LogP contribution in [-0.2, 0) is 13.5 Å². The lowest BCUT2D eigenvalue weighted by molar-refractivity contribution is 0.0944. The molecule has 0 fully saturated rings. The summed E-state index contributed by atoms with van der Waals surface area (Å²) >= 11 is 0. The lowest BCUT2D eigenvalue weighted by Crippen LogP contribution is -2.26. The van der Waals surface area contributed by atoms with E-state index in [1.165, 1.54) is 6.07 Å². The van der Waals surface area contributed by atoms with Gasteiger partial charge < -0.3 is 5.32 Å². The number of aromatic nitrogens is 2. The van der Waals surface area contributed by atoms with Crippen LogP contribution in [0.4, 0.5) is 4.39 Å². The number of carbonyl (C=O) groups excluding carboxylic acids is 1. The van der Waals surface area contributed by atoms with E-state index in [9.17, 15) is 9.18 Å². The molecule has 4 nitrogen and oxygen atoms in total. The van der Waals surface area contributed by atoms with E-state index in [0.29, 0.717) is 17.8 Å². The maximum atomic E-state index is 13.8. The monoisotopic (exact) mass is 351 g/mol. The number of hydrogen-bond acceptors (Lipinski definition) is 2. The van der Waals surface area contributed by atoms with E-state index in [-0.39, 0.29) is 11.7 Å². The van der Waals surface area contributed by atoms with Gasteiger partial charge in [-0.15, -0.1) is 0 Å². The minimum Gasteiger partial charge on any atom is -0.351 e. The fraction of sp³-hybridized carbons (Fsp3) is 0.238. The van der Waals surface area contributed by atoms with Gasteiger partial charge in [-0.3, -0.25) is 9.48 Å². The van der Waals surface area contributed by atoms with Gasteiger partial charge in [0, 0.05) is 19.2 Å². The van der Waals surface area contributed by atoms with Gasteiger partial charge in [-0.05, 0) is 43.0 Å². The molecule has 3 aromatic rings.